The van der Waals surface area contributed by atoms with Gasteiger partial charge in [-0.25, -0.2) is 0 Å². The first-order valence-electron chi connectivity index (χ1n) is 6.55. The van der Waals surface area contributed by atoms with Crippen molar-refractivity contribution in [3.63, 3.8) is 0 Å². The van der Waals surface area contributed by atoms with Crippen LogP contribution in [0, 0.1) is 6.92 Å². The molecule has 0 spiro atoms. The Morgan fingerprint density at radius 3 is 2.70 bits per heavy atom. The Labute approximate surface area is 124 Å². The van der Waals surface area contributed by atoms with Crippen molar-refractivity contribution in [2.75, 3.05) is 0 Å². The number of halogens is 1. The predicted molar refractivity (Wildman–Crippen MR) is 82.3 cm³/mol. The summed E-state index contributed by atoms with van der Waals surface area (Å²) in [6.45, 7) is 3.97. The van der Waals surface area contributed by atoms with Crippen LogP contribution in [-0.2, 0) is 4.79 Å². The third-order valence-electron chi connectivity index (χ3n) is 3.45. The van der Waals surface area contributed by atoms with Gasteiger partial charge < -0.3 is 5.11 Å². The van der Waals surface area contributed by atoms with Gasteiger partial charge >= 0.3 is 5.97 Å². The molecule has 2 aromatic carbocycles. The number of benzene rings is 2. The molecule has 0 aliphatic carbocycles. The smallest absolute Gasteiger partial charge is 0.303 e. The summed E-state index contributed by atoms with van der Waals surface area (Å²) in [5.74, 6) is -0.784. The van der Waals surface area contributed by atoms with E-state index >= 15 is 0 Å². The standard InChI is InChI=1S/C17H17ClO2/c1-11-6-7-15(18)10-16(11)14-5-3-4-13(9-14)12(2)8-17(19)20/h3-7,9-10,12H,8H2,1-2H3,(H,19,20). The van der Waals surface area contributed by atoms with Crippen molar-refractivity contribution < 1.29 is 9.90 Å². The summed E-state index contributed by atoms with van der Waals surface area (Å²) in [7, 11) is 0. The van der Waals surface area contributed by atoms with Gasteiger partial charge in [-0.15, -0.1) is 0 Å². The van der Waals surface area contributed by atoms with Crippen molar-refractivity contribution in [3.05, 3.63) is 58.6 Å². The van der Waals surface area contributed by atoms with Crippen LogP contribution in [0.5, 0.6) is 0 Å². The molecule has 3 heteroatoms. The molecule has 2 rings (SSSR count). The zero-order valence-electron chi connectivity index (χ0n) is 11.6. The third kappa shape index (κ3) is 3.40. The van der Waals surface area contributed by atoms with E-state index in [9.17, 15) is 4.79 Å². The van der Waals surface area contributed by atoms with Crippen molar-refractivity contribution in [1.29, 1.82) is 0 Å². The Hall–Kier alpha value is -1.80. The summed E-state index contributed by atoms with van der Waals surface area (Å²) in [6.07, 6.45) is 0.137. The van der Waals surface area contributed by atoms with Gasteiger partial charge in [-0.1, -0.05) is 48.9 Å². The highest BCUT2D eigenvalue weighted by molar-refractivity contribution is 6.30. The van der Waals surface area contributed by atoms with E-state index < -0.39 is 5.97 Å². The number of hydrogen-bond donors (Lipinski definition) is 1. The van der Waals surface area contributed by atoms with E-state index in [4.69, 9.17) is 16.7 Å². The van der Waals surface area contributed by atoms with Gasteiger partial charge in [-0.2, -0.15) is 0 Å². The molecular weight excluding hydrogens is 272 g/mol. The van der Waals surface area contributed by atoms with Gasteiger partial charge in [0.1, 0.15) is 0 Å². The maximum atomic E-state index is 10.8. The van der Waals surface area contributed by atoms with Crippen molar-refractivity contribution in [2.24, 2.45) is 0 Å². The van der Waals surface area contributed by atoms with Gasteiger partial charge in [0.2, 0.25) is 0 Å². The van der Waals surface area contributed by atoms with Crippen molar-refractivity contribution >= 4 is 17.6 Å². The molecule has 0 saturated heterocycles. The van der Waals surface area contributed by atoms with E-state index in [0.29, 0.717) is 5.02 Å². The molecule has 2 aromatic rings. The molecule has 104 valence electrons. The normalized spacial score (nSPS) is 12.2. The fraction of sp³-hybridized carbons (Fsp3) is 0.235. The monoisotopic (exact) mass is 288 g/mol. The number of carboxylic acid groups (broad SMARTS) is 1. The minimum atomic E-state index is -0.776. The van der Waals surface area contributed by atoms with E-state index in [1.54, 1.807) is 0 Å². The van der Waals surface area contributed by atoms with Crippen LogP contribution >= 0.6 is 11.6 Å². The number of hydrogen-bond acceptors (Lipinski definition) is 1. The summed E-state index contributed by atoms with van der Waals surface area (Å²) < 4.78 is 0. The molecule has 20 heavy (non-hydrogen) atoms. The number of rotatable bonds is 4. The Balaban J connectivity index is 2.39. The molecule has 1 N–H and O–H groups in total. The number of aliphatic carboxylic acids is 1. The summed E-state index contributed by atoms with van der Waals surface area (Å²) in [5, 5.41) is 9.60. The van der Waals surface area contributed by atoms with E-state index in [0.717, 1.165) is 22.3 Å². The van der Waals surface area contributed by atoms with Gasteiger partial charge in [0.05, 0.1) is 6.42 Å². The van der Waals surface area contributed by atoms with Crippen LogP contribution in [0.25, 0.3) is 11.1 Å². The van der Waals surface area contributed by atoms with Crippen LogP contribution in [0.3, 0.4) is 0 Å². The van der Waals surface area contributed by atoms with Crippen molar-refractivity contribution in [1.82, 2.24) is 0 Å². The average Bonchev–Trinajstić information content (AvgIpc) is 2.41. The lowest BCUT2D eigenvalue weighted by molar-refractivity contribution is -0.137. The maximum absolute atomic E-state index is 10.8. The summed E-state index contributed by atoms with van der Waals surface area (Å²) in [6, 6.07) is 13.8. The molecule has 0 radical (unpaired) electrons. The van der Waals surface area contributed by atoms with Crippen LogP contribution in [0.4, 0.5) is 0 Å². The number of carbonyl (C=O) groups is 1. The number of aryl methyl sites for hydroxylation is 1. The maximum Gasteiger partial charge on any atom is 0.303 e. The van der Waals surface area contributed by atoms with E-state index in [1.165, 1.54) is 0 Å². The summed E-state index contributed by atoms with van der Waals surface area (Å²) in [4.78, 5) is 10.8. The summed E-state index contributed by atoms with van der Waals surface area (Å²) in [5.41, 5.74) is 4.34. The van der Waals surface area contributed by atoms with Gasteiger partial charge in [0, 0.05) is 5.02 Å². The Morgan fingerprint density at radius 1 is 1.25 bits per heavy atom. The summed E-state index contributed by atoms with van der Waals surface area (Å²) >= 11 is 6.06. The van der Waals surface area contributed by atoms with E-state index in [2.05, 4.69) is 0 Å². The molecule has 1 unspecified atom stereocenters. The van der Waals surface area contributed by atoms with Gasteiger partial charge in [-0.05, 0) is 47.2 Å². The highest BCUT2D eigenvalue weighted by Gasteiger charge is 2.11. The topological polar surface area (TPSA) is 37.3 Å². The van der Waals surface area contributed by atoms with Crippen LogP contribution in [-0.4, -0.2) is 11.1 Å². The minimum absolute atomic E-state index is 0.00746. The molecule has 0 aliphatic rings. The van der Waals surface area contributed by atoms with Crippen LogP contribution in [0.1, 0.15) is 30.4 Å². The first-order chi connectivity index (χ1) is 9.47. The van der Waals surface area contributed by atoms with Crippen molar-refractivity contribution in [3.8, 4) is 11.1 Å². The highest BCUT2D eigenvalue weighted by atomic mass is 35.5. The number of carboxylic acids is 1. The largest absolute Gasteiger partial charge is 0.481 e. The Morgan fingerprint density at radius 2 is 2.00 bits per heavy atom. The molecular formula is C17H17ClO2. The lowest BCUT2D eigenvalue weighted by Gasteiger charge is -2.12. The fourth-order valence-electron chi connectivity index (χ4n) is 2.30. The fourth-order valence-corrected chi connectivity index (χ4v) is 2.47. The second-order valence-electron chi connectivity index (χ2n) is 5.08. The molecule has 0 aromatic heterocycles. The molecule has 2 nitrogen and oxygen atoms in total. The molecule has 0 amide bonds. The van der Waals surface area contributed by atoms with Gasteiger partial charge in [-0.3, -0.25) is 4.79 Å². The van der Waals surface area contributed by atoms with Crippen LogP contribution < -0.4 is 0 Å². The highest BCUT2D eigenvalue weighted by Crippen LogP contribution is 2.29. The average molecular weight is 289 g/mol. The molecule has 0 aliphatic heterocycles. The lowest BCUT2D eigenvalue weighted by atomic mass is 9.93. The Bertz CT molecular complexity index is 635. The van der Waals surface area contributed by atoms with Crippen LogP contribution in [0.15, 0.2) is 42.5 Å². The zero-order valence-corrected chi connectivity index (χ0v) is 12.3. The molecule has 0 bridgehead atoms. The van der Waals surface area contributed by atoms with Gasteiger partial charge in [0.15, 0.2) is 0 Å². The first-order valence-corrected chi connectivity index (χ1v) is 6.93. The first kappa shape index (κ1) is 14.6. The lowest BCUT2D eigenvalue weighted by Crippen LogP contribution is -2.02. The van der Waals surface area contributed by atoms with E-state index in [1.807, 2.05) is 56.3 Å². The molecule has 0 fully saturated rings. The van der Waals surface area contributed by atoms with Gasteiger partial charge in [0.25, 0.3) is 0 Å². The second-order valence-corrected chi connectivity index (χ2v) is 5.52. The second kappa shape index (κ2) is 6.10. The zero-order chi connectivity index (χ0) is 14.7. The van der Waals surface area contributed by atoms with Crippen molar-refractivity contribution in [2.45, 2.75) is 26.2 Å². The Kier molecular flexibility index (Phi) is 4.46. The minimum Gasteiger partial charge on any atom is -0.481 e. The quantitative estimate of drug-likeness (QED) is 0.869. The molecule has 0 heterocycles. The van der Waals surface area contributed by atoms with Crippen LogP contribution in [0.2, 0.25) is 5.02 Å². The third-order valence-corrected chi connectivity index (χ3v) is 3.68. The predicted octanol–water partition coefficient (Wildman–Crippen LogP) is 4.89. The molecule has 0 saturated carbocycles. The SMILES string of the molecule is Cc1ccc(Cl)cc1-c1cccc(C(C)CC(=O)O)c1. The van der Waals surface area contributed by atoms with E-state index in [-0.39, 0.29) is 12.3 Å². The molecule has 1 atom stereocenters.